The van der Waals surface area contributed by atoms with Crippen molar-refractivity contribution in [2.75, 3.05) is 26.2 Å². The summed E-state index contributed by atoms with van der Waals surface area (Å²) in [5.41, 5.74) is 0. The third-order valence-electron chi connectivity index (χ3n) is 3.44. The molecular weight excluding hydrogens is 164 g/mol. The summed E-state index contributed by atoms with van der Waals surface area (Å²) in [6.45, 7) is 6.40. The van der Waals surface area contributed by atoms with Gasteiger partial charge >= 0.3 is 0 Å². The van der Waals surface area contributed by atoms with Crippen LogP contribution in [0, 0.1) is 5.92 Å². The van der Waals surface area contributed by atoms with Crippen molar-refractivity contribution >= 4 is 0 Å². The first kappa shape index (κ1) is 9.44. The van der Waals surface area contributed by atoms with Gasteiger partial charge < -0.3 is 10.4 Å². The quantitative estimate of drug-likeness (QED) is 0.604. The zero-order chi connectivity index (χ0) is 9.26. The van der Waals surface area contributed by atoms with Crippen molar-refractivity contribution in [2.24, 2.45) is 5.92 Å². The van der Waals surface area contributed by atoms with E-state index < -0.39 is 0 Å². The average molecular weight is 184 g/mol. The molecule has 2 saturated heterocycles. The first-order chi connectivity index (χ1) is 6.27. The van der Waals surface area contributed by atoms with E-state index in [0.717, 1.165) is 19.0 Å². The molecule has 13 heavy (non-hydrogen) atoms. The molecule has 0 unspecified atom stereocenters. The maximum atomic E-state index is 9.70. The minimum absolute atomic E-state index is 0.145. The number of nitrogens with zero attached hydrogens (tertiary/aromatic N) is 1. The van der Waals surface area contributed by atoms with E-state index in [1.807, 2.05) is 0 Å². The lowest BCUT2D eigenvalue weighted by Gasteiger charge is -2.35. The fraction of sp³-hybridized carbons (Fsp3) is 1.00. The highest BCUT2D eigenvalue weighted by Gasteiger charge is 2.31. The van der Waals surface area contributed by atoms with Gasteiger partial charge in [-0.25, -0.2) is 0 Å². The van der Waals surface area contributed by atoms with Crippen molar-refractivity contribution in [3.8, 4) is 0 Å². The predicted molar refractivity (Wildman–Crippen MR) is 52.6 cm³/mol. The van der Waals surface area contributed by atoms with Crippen molar-refractivity contribution in [3.05, 3.63) is 0 Å². The Morgan fingerprint density at radius 1 is 1.23 bits per heavy atom. The highest BCUT2D eigenvalue weighted by molar-refractivity contribution is 4.90. The minimum Gasteiger partial charge on any atom is -0.390 e. The van der Waals surface area contributed by atoms with Crippen LogP contribution in [0.15, 0.2) is 0 Å². The summed E-state index contributed by atoms with van der Waals surface area (Å²) in [4.78, 5) is 2.45. The van der Waals surface area contributed by atoms with Crippen molar-refractivity contribution < 1.29 is 5.11 Å². The Labute approximate surface area is 80.1 Å². The van der Waals surface area contributed by atoms with E-state index >= 15 is 0 Å². The van der Waals surface area contributed by atoms with Gasteiger partial charge in [-0.2, -0.15) is 0 Å². The number of aliphatic hydroxyl groups excluding tert-OH is 1. The maximum absolute atomic E-state index is 9.70. The van der Waals surface area contributed by atoms with Crippen LogP contribution in [0.5, 0.6) is 0 Å². The Balaban J connectivity index is 1.86. The molecule has 2 heterocycles. The van der Waals surface area contributed by atoms with Crippen LogP contribution in [0.25, 0.3) is 0 Å². The largest absolute Gasteiger partial charge is 0.390 e. The van der Waals surface area contributed by atoms with E-state index in [1.54, 1.807) is 0 Å². The van der Waals surface area contributed by atoms with Gasteiger partial charge in [-0.3, -0.25) is 4.90 Å². The zero-order valence-corrected chi connectivity index (χ0v) is 8.37. The highest BCUT2D eigenvalue weighted by atomic mass is 16.3. The lowest BCUT2D eigenvalue weighted by Crippen LogP contribution is -2.46. The lowest BCUT2D eigenvalue weighted by molar-refractivity contribution is 0.0609. The summed E-state index contributed by atoms with van der Waals surface area (Å²) in [6, 6.07) is 0.382. The third kappa shape index (κ3) is 2.03. The number of piperidine rings is 1. The summed E-state index contributed by atoms with van der Waals surface area (Å²) in [7, 11) is 0. The van der Waals surface area contributed by atoms with Crippen LogP contribution in [0.2, 0.25) is 0 Å². The minimum atomic E-state index is -0.145. The second-order valence-corrected chi connectivity index (χ2v) is 4.51. The van der Waals surface area contributed by atoms with Gasteiger partial charge in [0.05, 0.1) is 6.10 Å². The van der Waals surface area contributed by atoms with Crippen LogP contribution in [-0.4, -0.2) is 48.3 Å². The molecule has 2 fully saturated rings. The number of rotatable bonds is 1. The Hall–Kier alpha value is -0.120. The van der Waals surface area contributed by atoms with E-state index in [4.69, 9.17) is 0 Å². The van der Waals surface area contributed by atoms with E-state index in [1.165, 1.54) is 25.9 Å². The van der Waals surface area contributed by atoms with Crippen LogP contribution in [0.3, 0.4) is 0 Å². The van der Waals surface area contributed by atoms with E-state index in [0.29, 0.717) is 6.04 Å². The fourth-order valence-electron chi connectivity index (χ4n) is 2.38. The topological polar surface area (TPSA) is 35.5 Å². The van der Waals surface area contributed by atoms with Crippen molar-refractivity contribution in [1.82, 2.24) is 10.2 Å². The summed E-state index contributed by atoms with van der Waals surface area (Å²) in [5, 5.41) is 12.9. The average Bonchev–Trinajstić information content (AvgIpc) is 2.53. The standard InChI is InChI=1S/C10H20N2O/c1-8-2-4-12(5-3-8)9-6-11-7-10(9)13/h8-11,13H,2-7H2,1H3/t9-,10-/m1/s1. The number of β-amino-alcohol motifs (C(OH)–C–C–N with tert-alkyl or cyclic N) is 1. The monoisotopic (exact) mass is 184 g/mol. The molecule has 3 heteroatoms. The Morgan fingerprint density at radius 3 is 2.46 bits per heavy atom. The number of aliphatic hydroxyl groups is 1. The molecule has 0 aromatic carbocycles. The highest BCUT2D eigenvalue weighted by Crippen LogP contribution is 2.20. The van der Waals surface area contributed by atoms with Crippen LogP contribution >= 0.6 is 0 Å². The van der Waals surface area contributed by atoms with Gasteiger partial charge in [0.25, 0.3) is 0 Å². The summed E-state index contributed by atoms with van der Waals surface area (Å²) in [6.07, 6.45) is 2.44. The smallest absolute Gasteiger partial charge is 0.0831 e. The molecule has 2 N–H and O–H groups in total. The van der Waals surface area contributed by atoms with Gasteiger partial charge in [0.2, 0.25) is 0 Å². The van der Waals surface area contributed by atoms with Gasteiger partial charge in [0, 0.05) is 19.1 Å². The maximum Gasteiger partial charge on any atom is 0.0831 e. The normalized spacial score (nSPS) is 38.3. The summed E-state index contributed by atoms with van der Waals surface area (Å²) >= 11 is 0. The van der Waals surface area contributed by atoms with Gasteiger partial charge in [0.1, 0.15) is 0 Å². The third-order valence-corrected chi connectivity index (χ3v) is 3.44. The molecule has 0 bridgehead atoms. The Kier molecular flexibility index (Phi) is 2.86. The fourth-order valence-corrected chi connectivity index (χ4v) is 2.38. The van der Waals surface area contributed by atoms with Crippen LogP contribution in [0.4, 0.5) is 0 Å². The second kappa shape index (κ2) is 3.95. The van der Waals surface area contributed by atoms with Gasteiger partial charge in [-0.1, -0.05) is 6.92 Å². The SMILES string of the molecule is CC1CCN([C@@H]2CNC[C@H]2O)CC1. The molecule has 3 nitrogen and oxygen atoms in total. The molecule has 0 aromatic rings. The van der Waals surface area contributed by atoms with Crippen LogP contribution in [-0.2, 0) is 0 Å². The summed E-state index contributed by atoms with van der Waals surface area (Å²) in [5.74, 6) is 0.878. The molecule has 76 valence electrons. The van der Waals surface area contributed by atoms with Gasteiger partial charge in [-0.05, 0) is 31.8 Å². The van der Waals surface area contributed by atoms with Crippen molar-refractivity contribution in [3.63, 3.8) is 0 Å². The molecule has 2 aliphatic rings. The van der Waals surface area contributed by atoms with E-state index in [2.05, 4.69) is 17.1 Å². The van der Waals surface area contributed by atoms with E-state index in [9.17, 15) is 5.11 Å². The molecule has 2 atom stereocenters. The zero-order valence-electron chi connectivity index (χ0n) is 8.37. The number of likely N-dealkylation sites (tertiary alicyclic amines) is 1. The van der Waals surface area contributed by atoms with Crippen molar-refractivity contribution in [1.29, 1.82) is 0 Å². The second-order valence-electron chi connectivity index (χ2n) is 4.51. The molecule has 0 aromatic heterocycles. The Morgan fingerprint density at radius 2 is 1.92 bits per heavy atom. The lowest BCUT2D eigenvalue weighted by atomic mass is 9.97. The van der Waals surface area contributed by atoms with Gasteiger partial charge in [-0.15, -0.1) is 0 Å². The summed E-state index contributed by atoms with van der Waals surface area (Å²) < 4.78 is 0. The first-order valence-corrected chi connectivity index (χ1v) is 5.40. The van der Waals surface area contributed by atoms with E-state index in [-0.39, 0.29) is 6.10 Å². The van der Waals surface area contributed by atoms with Gasteiger partial charge in [0.15, 0.2) is 0 Å². The van der Waals surface area contributed by atoms with Crippen LogP contribution < -0.4 is 5.32 Å². The first-order valence-electron chi connectivity index (χ1n) is 5.40. The molecule has 2 aliphatic heterocycles. The molecule has 0 amide bonds. The van der Waals surface area contributed by atoms with Crippen molar-refractivity contribution in [2.45, 2.75) is 31.9 Å². The Bertz CT molecular complexity index is 166. The van der Waals surface area contributed by atoms with Crippen LogP contribution in [0.1, 0.15) is 19.8 Å². The predicted octanol–water partition coefficient (Wildman–Crippen LogP) is 0.0510. The number of nitrogens with one attached hydrogen (secondary N) is 1. The molecule has 2 rings (SSSR count). The molecule has 0 saturated carbocycles. The molecule has 0 aliphatic carbocycles. The molecule has 0 radical (unpaired) electrons. The number of hydrogen-bond donors (Lipinski definition) is 2. The molecular formula is C10H20N2O. The number of hydrogen-bond acceptors (Lipinski definition) is 3. The molecule has 0 spiro atoms.